The SMILES string of the molecule is Clc1ccc([N+]23CCCC2C3)cc1Cl. The van der Waals surface area contributed by atoms with E-state index in [2.05, 4.69) is 6.07 Å². The number of hydrogen-bond acceptors (Lipinski definition) is 0. The predicted octanol–water partition coefficient (Wildman–Crippen LogP) is 3.48. The summed E-state index contributed by atoms with van der Waals surface area (Å²) in [6.45, 7) is 2.58. The number of fused-ring (bicyclic) bond motifs is 1. The van der Waals surface area contributed by atoms with E-state index in [1.165, 1.54) is 31.6 Å². The molecule has 0 bridgehead atoms. The highest BCUT2D eigenvalue weighted by Gasteiger charge is 2.59. The molecule has 0 amide bonds. The van der Waals surface area contributed by atoms with Crippen LogP contribution in [0, 0.1) is 0 Å². The molecule has 2 saturated heterocycles. The quantitative estimate of drug-likeness (QED) is 0.511. The lowest BCUT2D eigenvalue weighted by Crippen LogP contribution is -2.25. The van der Waals surface area contributed by atoms with Crippen LogP contribution < -0.4 is 4.48 Å². The summed E-state index contributed by atoms with van der Waals surface area (Å²) >= 11 is 11.9. The number of hydrogen-bond donors (Lipinski definition) is 0. The number of quaternary nitrogens is 1. The molecule has 2 heterocycles. The summed E-state index contributed by atoms with van der Waals surface area (Å²) in [6, 6.07) is 6.95. The Morgan fingerprint density at radius 3 is 2.64 bits per heavy atom. The Bertz CT molecular complexity index is 391. The lowest BCUT2D eigenvalue weighted by atomic mass is 10.3. The van der Waals surface area contributed by atoms with Crippen molar-refractivity contribution in [1.82, 2.24) is 4.48 Å². The van der Waals surface area contributed by atoms with Crippen LogP contribution in [-0.4, -0.2) is 19.1 Å². The Hall–Kier alpha value is -0.240. The molecule has 3 rings (SSSR count). The number of piperidine rings is 1. The van der Waals surface area contributed by atoms with Crippen LogP contribution in [0.25, 0.3) is 0 Å². The molecule has 0 N–H and O–H groups in total. The molecule has 74 valence electrons. The molecule has 0 saturated carbocycles. The Balaban J connectivity index is 2.01. The van der Waals surface area contributed by atoms with Crippen LogP contribution in [0.15, 0.2) is 18.2 Å². The maximum atomic E-state index is 6.03. The zero-order chi connectivity index (χ0) is 9.76. The molecule has 0 radical (unpaired) electrons. The first kappa shape index (κ1) is 9.02. The van der Waals surface area contributed by atoms with Gasteiger partial charge in [0.15, 0.2) is 0 Å². The van der Waals surface area contributed by atoms with E-state index < -0.39 is 0 Å². The van der Waals surface area contributed by atoms with Crippen LogP contribution in [0.1, 0.15) is 12.8 Å². The number of rotatable bonds is 1. The van der Waals surface area contributed by atoms with Gasteiger partial charge in [0.2, 0.25) is 0 Å². The summed E-state index contributed by atoms with van der Waals surface area (Å²) in [5, 5.41) is 1.35. The fourth-order valence-electron chi connectivity index (χ4n) is 2.76. The normalized spacial score (nSPS) is 34.3. The molecule has 1 aromatic carbocycles. The minimum atomic E-state index is 0.659. The van der Waals surface area contributed by atoms with Gasteiger partial charge in [-0.2, -0.15) is 0 Å². The second-order valence-electron chi connectivity index (χ2n) is 4.33. The molecule has 3 heteroatoms. The Kier molecular flexibility index (Phi) is 1.85. The van der Waals surface area contributed by atoms with E-state index in [9.17, 15) is 0 Å². The summed E-state index contributed by atoms with van der Waals surface area (Å²) in [4.78, 5) is 0. The van der Waals surface area contributed by atoms with Crippen molar-refractivity contribution in [2.75, 3.05) is 13.1 Å². The largest absolute Gasteiger partial charge is 0.279 e. The van der Waals surface area contributed by atoms with Crippen molar-refractivity contribution >= 4 is 28.9 Å². The zero-order valence-corrected chi connectivity index (χ0v) is 9.35. The molecule has 2 fully saturated rings. The average Bonchev–Trinajstić information content (AvgIpc) is 2.75. The van der Waals surface area contributed by atoms with E-state index in [1.807, 2.05) is 12.1 Å². The van der Waals surface area contributed by atoms with Crippen LogP contribution in [0.2, 0.25) is 10.0 Å². The third kappa shape index (κ3) is 1.13. The van der Waals surface area contributed by atoms with Gasteiger partial charge in [-0.15, -0.1) is 0 Å². The van der Waals surface area contributed by atoms with Crippen molar-refractivity contribution in [2.45, 2.75) is 18.9 Å². The fourth-order valence-corrected chi connectivity index (χ4v) is 3.05. The summed E-state index contributed by atoms with van der Waals surface area (Å²) in [7, 11) is 0. The first-order valence-electron chi connectivity index (χ1n) is 5.05. The maximum Gasteiger partial charge on any atom is 0.144 e. The number of nitrogens with zero attached hydrogens (tertiary/aromatic N) is 1. The van der Waals surface area contributed by atoms with Crippen molar-refractivity contribution in [2.24, 2.45) is 0 Å². The lowest BCUT2D eigenvalue weighted by Gasteiger charge is -2.15. The minimum Gasteiger partial charge on any atom is -0.279 e. The fraction of sp³-hybridized carbons (Fsp3) is 0.455. The molecule has 1 nitrogen and oxygen atoms in total. The minimum absolute atomic E-state index is 0.659. The third-order valence-electron chi connectivity index (χ3n) is 3.61. The van der Waals surface area contributed by atoms with Gasteiger partial charge in [0.25, 0.3) is 0 Å². The van der Waals surface area contributed by atoms with E-state index >= 15 is 0 Å². The molecule has 1 aromatic rings. The second kappa shape index (κ2) is 2.88. The van der Waals surface area contributed by atoms with Crippen molar-refractivity contribution in [1.29, 1.82) is 0 Å². The molecule has 2 aliphatic rings. The molecule has 2 aliphatic heterocycles. The zero-order valence-electron chi connectivity index (χ0n) is 7.84. The molecule has 2 unspecified atom stereocenters. The van der Waals surface area contributed by atoms with Gasteiger partial charge in [0, 0.05) is 25.0 Å². The van der Waals surface area contributed by atoms with Gasteiger partial charge in [-0.05, 0) is 6.07 Å². The highest BCUT2D eigenvalue weighted by molar-refractivity contribution is 6.42. The standard InChI is InChI=1S/C11H12Cl2N/c12-10-4-3-8(6-11(10)13)14-5-1-2-9(14)7-14/h3-4,6,9H,1-2,5,7H2/q+1. The summed E-state index contributed by atoms with van der Waals surface area (Å²) in [5.41, 5.74) is 1.35. The highest BCUT2D eigenvalue weighted by Crippen LogP contribution is 2.47. The van der Waals surface area contributed by atoms with Crippen LogP contribution in [-0.2, 0) is 0 Å². The van der Waals surface area contributed by atoms with Gasteiger partial charge in [0.05, 0.1) is 16.6 Å². The third-order valence-corrected chi connectivity index (χ3v) is 4.35. The molecule has 0 aliphatic carbocycles. The molecule has 14 heavy (non-hydrogen) atoms. The number of benzene rings is 1. The second-order valence-corrected chi connectivity index (χ2v) is 5.15. The van der Waals surface area contributed by atoms with Crippen molar-refractivity contribution < 1.29 is 0 Å². The molecule has 0 aromatic heterocycles. The van der Waals surface area contributed by atoms with Crippen LogP contribution in [0.4, 0.5) is 5.69 Å². The van der Waals surface area contributed by atoms with E-state index in [4.69, 9.17) is 23.2 Å². The first-order chi connectivity index (χ1) is 6.72. The smallest absolute Gasteiger partial charge is 0.144 e. The summed E-state index contributed by atoms with van der Waals surface area (Å²) in [6.07, 6.45) is 2.73. The van der Waals surface area contributed by atoms with Gasteiger partial charge >= 0.3 is 0 Å². The average molecular weight is 229 g/mol. The summed E-state index contributed by atoms with van der Waals surface area (Å²) in [5.74, 6) is 0. The van der Waals surface area contributed by atoms with Crippen molar-refractivity contribution in [3.8, 4) is 0 Å². The van der Waals surface area contributed by atoms with E-state index in [1.54, 1.807) is 0 Å². The van der Waals surface area contributed by atoms with Crippen LogP contribution >= 0.6 is 23.2 Å². The predicted molar refractivity (Wildman–Crippen MR) is 61.0 cm³/mol. The van der Waals surface area contributed by atoms with Gasteiger partial charge in [0.1, 0.15) is 18.3 Å². The Morgan fingerprint density at radius 1 is 1.21 bits per heavy atom. The Labute approximate surface area is 93.8 Å². The molecular weight excluding hydrogens is 217 g/mol. The van der Waals surface area contributed by atoms with Crippen LogP contribution in [0.5, 0.6) is 0 Å². The monoisotopic (exact) mass is 228 g/mol. The first-order valence-corrected chi connectivity index (χ1v) is 5.80. The van der Waals surface area contributed by atoms with Crippen molar-refractivity contribution in [3.05, 3.63) is 28.2 Å². The topological polar surface area (TPSA) is 0 Å². The van der Waals surface area contributed by atoms with Gasteiger partial charge < -0.3 is 0 Å². The van der Waals surface area contributed by atoms with Gasteiger partial charge in [-0.25, -0.2) is 0 Å². The van der Waals surface area contributed by atoms with E-state index in [0.717, 1.165) is 10.5 Å². The summed E-state index contributed by atoms with van der Waals surface area (Å²) < 4.78 is 1.16. The van der Waals surface area contributed by atoms with E-state index in [0.29, 0.717) is 10.0 Å². The van der Waals surface area contributed by atoms with Gasteiger partial charge in [-0.1, -0.05) is 23.2 Å². The Morgan fingerprint density at radius 2 is 2.07 bits per heavy atom. The molecule has 2 atom stereocenters. The lowest BCUT2D eigenvalue weighted by molar-refractivity contribution is 0.568. The molecule has 0 spiro atoms. The maximum absolute atomic E-state index is 6.03. The van der Waals surface area contributed by atoms with Crippen LogP contribution in [0.3, 0.4) is 0 Å². The van der Waals surface area contributed by atoms with Crippen molar-refractivity contribution in [3.63, 3.8) is 0 Å². The van der Waals surface area contributed by atoms with E-state index in [-0.39, 0.29) is 0 Å². The highest BCUT2D eigenvalue weighted by atomic mass is 35.5. The number of halogens is 2. The van der Waals surface area contributed by atoms with Gasteiger partial charge in [-0.3, -0.25) is 4.48 Å². The molecular formula is C11H12Cl2N+.